The minimum absolute atomic E-state index is 0.0328. The Labute approximate surface area is 428 Å². The SMILES string of the molecule is CCC1CCC2C3Cc4ccc5c(c4)CC(O)C(=C4CC(c6cc(CO)cc(NCC(C)(O)C(O)COC)c6)C#CC6CC(=O)Oc7c6cc(c(O)c7C6CCCCC6)CC(OC4=O)C1(O)C2CCC3=O)CC5. The second kappa shape index (κ2) is 20.9. The number of anilines is 1. The summed E-state index contributed by atoms with van der Waals surface area (Å²) in [6, 6.07) is 13.5. The Bertz CT molecular complexity index is 2730. The molecule has 0 saturated heterocycles. The zero-order valence-corrected chi connectivity index (χ0v) is 42.6. The zero-order chi connectivity index (χ0) is 51.3. The van der Waals surface area contributed by atoms with Crippen LogP contribution in [0.25, 0.3) is 0 Å². The molecule has 3 saturated carbocycles. The number of hydrogen-bond donors (Lipinski definition) is 7. The number of fused-ring (bicyclic) bond motifs is 8. The number of hydrogen-bond acceptors (Lipinski definition) is 13. The number of aliphatic hydroxyl groups is 5. The standard InChI is InChI=1S/C60H73NO12/c1-4-42-15-17-44-47-23-33-10-11-35-14-16-45(51(64)27-40(35)20-33)48-25-37(39-21-34(30-62)22-43(24-39)61-32-59(2,69)52(65)31-71-3)12-13-38-29-54(66)73-57-46(38)26-41(56(67)55(57)36-8-6-5-7-9-36)28-53(72-58(48)68)60(42,70)49(44)18-19-50(47)63/h10-11,20-22,24,26,36-38,42,44,47,49,51-53,61-62,64-65,67,69-70H,4-9,14-19,23,25,27-32H2,1-3H3. The van der Waals surface area contributed by atoms with Crippen LogP contribution < -0.4 is 10.1 Å². The van der Waals surface area contributed by atoms with Crippen LogP contribution in [0.15, 0.2) is 53.6 Å². The molecule has 0 amide bonds. The zero-order valence-electron chi connectivity index (χ0n) is 42.6. The maximum atomic E-state index is 15.9. The number of aryl methyl sites for hydroxylation is 1. The number of carbonyl (C=O) groups is 3. The van der Waals surface area contributed by atoms with E-state index in [-0.39, 0.29) is 92.6 Å². The van der Waals surface area contributed by atoms with Crippen molar-refractivity contribution in [2.75, 3.05) is 25.6 Å². The highest BCUT2D eigenvalue weighted by Gasteiger charge is 2.59. The first kappa shape index (κ1) is 51.4. The Balaban J connectivity index is 1.21. The summed E-state index contributed by atoms with van der Waals surface area (Å²) in [4.78, 5) is 44.0. The number of nitrogens with one attached hydrogen (secondary N) is 1. The van der Waals surface area contributed by atoms with Crippen molar-refractivity contribution >= 4 is 23.4 Å². The molecule has 3 fully saturated rings. The highest BCUT2D eigenvalue weighted by Crippen LogP contribution is 2.56. The van der Waals surface area contributed by atoms with Crippen molar-refractivity contribution in [2.45, 2.75) is 177 Å². The van der Waals surface area contributed by atoms with Crippen molar-refractivity contribution in [3.63, 3.8) is 0 Å². The summed E-state index contributed by atoms with van der Waals surface area (Å²) in [7, 11) is 1.44. The van der Waals surface area contributed by atoms with E-state index in [9.17, 15) is 40.2 Å². The highest BCUT2D eigenvalue weighted by molar-refractivity contribution is 5.90. The third kappa shape index (κ3) is 9.89. The Hall–Kier alpha value is -5.07. The molecule has 73 heavy (non-hydrogen) atoms. The molecule has 390 valence electrons. The topological polar surface area (TPSA) is 212 Å². The first-order valence-corrected chi connectivity index (χ1v) is 27.0. The molecule has 13 nitrogen and oxygen atoms in total. The number of aromatic hydroxyl groups is 1. The van der Waals surface area contributed by atoms with Crippen LogP contribution in [-0.2, 0) is 56.1 Å². The monoisotopic (exact) mass is 1000 g/mol. The molecule has 13 heteroatoms. The van der Waals surface area contributed by atoms with Crippen LogP contribution in [0.3, 0.4) is 0 Å². The van der Waals surface area contributed by atoms with Crippen LogP contribution in [0.4, 0.5) is 5.69 Å². The van der Waals surface area contributed by atoms with Gasteiger partial charge in [-0.05, 0) is 146 Å². The smallest absolute Gasteiger partial charge is 0.334 e. The van der Waals surface area contributed by atoms with Gasteiger partial charge in [0, 0.05) is 67.1 Å². The van der Waals surface area contributed by atoms with E-state index in [0.717, 1.165) is 55.2 Å². The summed E-state index contributed by atoms with van der Waals surface area (Å²) >= 11 is 0. The molecule has 11 unspecified atom stereocenters. The van der Waals surface area contributed by atoms with Gasteiger partial charge in [0.2, 0.25) is 0 Å². The number of ether oxygens (including phenoxy) is 3. The number of ketones is 1. The molecule has 11 bridgehead atoms. The molecule has 0 radical (unpaired) electrons. The fraction of sp³-hybridized carbons (Fsp3) is 0.583. The Morgan fingerprint density at radius 1 is 0.890 bits per heavy atom. The third-order valence-electron chi connectivity index (χ3n) is 18.3. The highest BCUT2D eigenvalue weighted by atomic mass is 16.6. The van der Waals surface area contributed by atoms with Gasteiger partial charge in [0.05, 0.1) is 31.7 Å². The van der Waals surface area contributed by atoms with Gasteiger partial charge in [0.1, 0.15) is 40.7 Å². The summed E-state index contributed by atoms with van der Waals surface area (Å²) in [5.74, 6) is 3.36. The number of esters is 2. The van der Waals surface area contributed by atoms with Crippen molar-refractivity contribution in [3.8, 4) is 23.3 Å². The van der Waals surface area contributed by atoms with Crippen molar-refractivity contribution < 1.29 is 59.2 Å². The Morgan fingerprint density at radius 3 is 2.45 bits per heavy atom. The number of rotatable bonds is 10. The quantitative estimate of drug-likeness (QED) is 0.0605. The van der Waals surface area contributed by atoms with Gasteiger partial charge >= 0.3 is 11.9 Å². The lowest BCUT2D eigenvalue weighted by Crippen LogP contribution is -2.63. The number of Topliss-reactive ketones (excluding diaryl/α,β-unsaturated/α-hetero) is 1. The summed E-state index contributed by atoms with van der Waals surface area (Å²) in [6.45, 7) is 3.01. The average Bonchev–Trinajstić information content (AvgIpc) is 3.53. The second-order valence-electron chi connectivity index (χ2n) is 22.7. The molecule has 4 aliphatic carbocycles. The molecule has 3 aromatic rings. The fourth-order valence-corrected chi connectivity index (χ4v) is 14.2. The van der Waals surface area contributed by atoms with Crippen LogP contribution >= 0.6 is 0 Å². The lowest BCUT2D eigenvalue weighted by atomic mass is 9.53. The molecule has 11 atom stereocenters. The van der Waals surface area contributed by atoms with Gasteiger partial charge in [-0.1, -0.05) is 68.7 Å². The fourth-order valence-electron chi connectivity index (χ4n) is 14.2. The lowest BCUT2D eigenvalue weighted by molar-refractivity contribution is -0.212. The van der Waals surface area contributed by atoms with Gasteiger partial charge in [-0.15, -0.1) is 0 Å². The maximum absolute atomic E-state index is 15.9. The largest absolute Gasteiger partial charge is 0.507 e. The minimum Gasteiger partial charge on any atom is -0.507 e. The number of benzene rings is 3. The van der Waals surface area contributed by atoms with Crippen LogP contribution in [0, 0.1) is 35.5 Å². The number of aliphatic hydroxyl groups excluding tert-OH is 3. The molecule has 0 spiro atoms. The van der Waals surface area contributed by atoms with Crippen LogP contribution in [0.2, 0.25) is 0 Å². The molecule has 3 aliphatic heterocycles. The molecule has 7 N–H and O–H groups in total. The molecular formula is C60H73NO12. The van der Waals surface area contributed by atoms with E-state index in [1.54, 1.807) is 6.07 Å². The van der Waals surface area contributed by atoms with Gasteiger partial charge in [-0.2, -0.15) is 0 Å². The molecule has 3 heterocycles. The van der Waals surface area contributed by atoms with Crippen molar-refractivity contribution in [2.24, 2.45) is 23.7 Å². The summed E-state index contributed by atoms with van der Waals surface area (Å²) < 4.78 is 18.3. The van der Waals surface area contributed by atoms with E-state index >= 15 is 4.79 Å². The van der Waals surface area contributed by atoms with Gasteiger partial charge in [0.15, 0.2) is 0 Å². The van der Waals surface area contributed by atoms with Crippen LogP contribution in [0.5, 0.6) is 11.5 Å². The van der Waals surface area contributed by atoms with Crippen molar-refractivity contribution in [1.29, 1.82) is 0 Å². The summed E-state index contributed by atoms with van der Waals surface area (Å²) in [6.07, 6.45) is 4.98. The van der Waals surface area contributed by atoms with E-state index in [1.165, 1.54) is 14.0 Å². The molecule has 10 rings (SSSR count). The van der Waals surface area contributed by atoms with Crippen molar-refractivity contribution in [1.82, 2.24) is 0 Å². The van der Waals surface area contributed by atoms with Gasteiger partial charge < -0.3 is 50.2 Å². The van der Waals surface area contributed by atoms with E-state index < -0.39 is 59.2 Å². The normalized spacial score (nSPS) is 30.5. The number of carbonyl (C=O) groups excluding carboxylic acids is 3. The van der Waals surface area contributed by atoms with Gasteiger partial charge in [0.25, 0.3) is 0 Å². The summed E-state index contributed by atoms with van der Waals surface area (Å²) in [5, 5.41) is 75.2. The van der Waals surface area contributed by atoms with E-state index in [4.69, 9.17) is 14.2 Å². The maximum Gasteiger partial charge on any atom is 0.334 e. The Morgan fingerprint density at radius 2 is 1.68 bits per heavy atom. The van der Waals surface area contributed by atoms with Gasteiger partial charge in [-0.25, -0.2) is 4.79 Å². The first-order chi connectivity index (χ1) is 35.1. The first-order valence-electron chi connectivity index (χ1n) is 27.0. The number of phenols is 1. The predicted octanol–water partition coefficient (Wildman–Crippen LogP) is 7.31. The van der Waals surface area contributed by atoms with Crippen molar-refractivity contribution in [3.05, 3.63) is 98.1 Å². The number of phenolic OH excluding ortho intramolecular Hbond substituents is 1. The number of methoxy groups -OCH3 is 1. The molecule has 0 aromatic heterocycles. The van der Waals surface area contributed by atoms with Crippen LogP contribution in [0.1, 0.15) is 160 Å². The summed E-state index contributed by atoms with van der Waals surface area (Å²) in [5.41, 5.74) is 3.76. The Kier molecular flexibility index (Phi) is 14.7. The van der Waals surface area contributed by atoms with Gasteiger partial charge in [-0.3, -0.25) is 9.59 Å². The van der Waals surface area contributed by atoms with E-state index in [1.807, 2.05) is 25.1 Å². The van der Waals surface area contributed by atoms with Crippen LogP contribution in [-0.4, -0.2) is 98.1 Å². The molecule has 3 aromatic carbocycles. The minimum atomic E-state index is -1.63. The second-order valence-corrected chi connectivity index (χ2v) is 22.7. The van der Waals surface area contributed by atoms with E-state index in [0.29, 0.717) is 83.4 Å². The lowest BCUT2D eigenvalue weighted by Gasteiger charge is -2.56. The molecular weight excluding hydrogens is 927 g/mol. The average molecular weight is 1000 g/mol. The third-order valence-corrected chi connectivity index (χ3v) is 18.3. The predicted molar refractivity (Wildman–Crippen MR) is 273 cm³/mol. The van der Waals surface area contributed by atoms with E-state index in [2.05, 4.69) is 35.4 Å². The molecule has 7 aliphatic rings.